The van der Waals surface area contributed by atoms with Crippen molar-refractivity contribution in [1.29, 1.82) is 0 Å². The van der Waals surface area contributed by atoms with Crippen molar-refractivity contribution in [1.82, 2.24) is 0 Å². The molecule has 0 amide bonds. The molecule has 0 bridgehead atoms. The van der Waals surface area contributed by atoms with Crippen molar-refractivity contribution in [2.75, 3.05) is 4.90 Å². The van der Waals surface area contributed by atoms with Crippen LogP contribution in [0, 0.1) is 0 Å². The number of hydrogen-bond donors (Lipinski definition) is 0. The summed E-state index contributed by atoms with van der Waals surface area (Å²) in [5.74, 6) is 0. The largest absolute Gasteiger partial charge is 0.454 e. The summed E-state index contributed by atoms with van der Waals surface area (Å²) < 4.78 is 13.4. The molecule has 0 saturated carbocycles. The molecular formula is C40H25NO2. The fourth-order valence-electron chi connectivity index (χ4n) is 6.44. The van der Waals surface area contributed by atoms with Gasteiger partial charge in [-0.05, 0) is 52.9 Å². The minimum atomic E-state index is 0.842. The van der Waals surface area contributed by atoms with Crippen molar-refractivity contribution in [3.8, 4) is 11.1 Å². The van der Waals surface area contributed by atoms with E-state index in [0.29, 0.717) is 0 Å². The quantitative estimate of drug-likeness (QED) is 0.218. The maximum Gasteiger partial charge on any atom is 0.159 e. The Bertz CT molecular complexity index is 2450. The van der Waals surface area contributed by atoms with Gasteiger partial charge in [-0.15, -0.1) is 0 Å². The first kappa shape index (κ1) is 23.9. The zero-order valence-electron chi connectivity index (χ0n) is 23.2. The van der Waals surface area contributed by atoms with E-state index in [1.807, 2.05) is 18.2 Å². The third kappa shape index (κ3) is 3.68. The molecule has 0 spiro atoms. The molecular weight excluding hydrogens is 526 g/mol. The maximum atomic E-state index is 6.81. The van der Waals surface area contributed by atoms with Crippen LogP contribution in [0.2, 0.25) is 0 Å². The molecule has 0 aliphatic rings. The van der Waals surface area contributed by atoms with Crippen LogP contribution in [0.15, 0.2) is 160 Å². The lowest BCUT2D eigenvalue weighted by Gasteiger charge is -2.25. The van der Waals surface area contributed by atoms with Gasteiger partial charge in [-0.3, -0.25) is 0 Å². The number of anilines is 3. The van der Waals surface area contributed by atoms with Gasteiger partial charge in [-0.25, -0.2) is 0 Å². The molecule has 7 aromatic carbocycles. The third-order valence-corrected chi connectivity index (χ3v) is 8.47. The molecule has 2 heterocycles. The van der Waals surface area contributed by atoms with Gasteiger partial charge in [0.1, 0.15) is 11.2 Å². The zero-order chi connectivity index (χ0) is 28.3. The first-order valence-corrected chi connectivity index (χ1v) is 14.5. The Hall–Kier alpha value is -5.80. The summed E-state index contributed by atoms with van der Waals surface area (Å²) in [5.41, 5.74) is 8.75. The fourth-order valence-corrected chi connectivity index (χ4v) is 6.44. The van der Waals surface area contributed by atoms with Gasteiger partial charge >= 0.3 is 0 Å². The molecule has 202 valence electrons. The van der Waals surface area contributed by atoms with E-state index in [1.165, 1.54) is 11.1 Å². The molecule has 0 atom stereocenters. The first-order valence-electron chi connectivity index (χ1n) is 14.5. The topological polar surface area (TPSA) is 29.5 Å². The predicted octanol–water partition coefficient (Wildman–Crippen LogP) is 11.8. The number of para-hydroxylation sites is 3. The van der Waals surface area contributed by atoms with Crippen LogP contribution in [0.4, 0.5) is 17.1 Å². The molecule has 0 aliphatic carbocycles. The molecule has 0 N–H and O–H groups in total. The van der Waals surface area contributed by atoms with Crippen molar-refractivity contribution >= 4 is 71.7 Å². The summed E-state index contributed by atoms with van der Waals surface area (Å²) in [6, 6.07) is 53.0. The minimum Gasteiger partial charge on any atom is -0.454 e. The normalized spacial score (nSPS) is 11.7. The highest BCUT2D eigenvalue weighted by molar-refractivity contribution is 6.18. The number of hydrogen-bond acceptors (Lipinski definition) is 3. The van der Waals surface area contributed by atoms with Gasteiger partial charge in [0, 0.05) is 32.6 Å². The first-order chi connectivity index (χ1) is 21.3. The van der Waals surface area contributed by atoms with Crippen molar-refractivity contribution in [2.24, 2.45) is 0 Å². The summed E-state index contributed by atoms with van der Waals surface area (Å²) in [6.07, 6.45) is 0. The molecule has 0 radical (unpaired) electrons. The van der Waals surface area contributed by atoms with Crippen LogP contribution in [0.25, 0.3) is 65.8 Å². The third-order valence-electron chi connectivity index (χ3n) is 8.47. The second-order valence-corrected chi connectivity index (χ2v) is 10.9. The van der Waals surface area contributed by atoms with Crippen LogP contribution in [-0.4, -0.2) is 0 Å². The molecule has 0 fully saturated rings. The lowest BCUT2D eigenvalue weighted by molar-refractivity contribution is 0.667. The minimum absolute atomic E-state index is 0.842. The van der Waals surface area contributed by atoms with Crippen molar-refractivity contribution in [2.45, 2.75) is 0 Å². The van der Waals surface area contributed by atoms with E-state index >= 15 is 0 Å². The number of rotatable bonds is 4. The Labute approximate surface area is 247 Å². The molecule has 0 saturated heterocycles. The Kier molecular flexibility index (Phi) is 5.20. The van der Waals surface area contributed by atoms with E-state index in [-0.39, 0.29) is 0 Å². The average Bonchev–Trinajstić information content (AvgIpc) is 3.66. The van der Waals surface area contributed by atoms with Crippen LogP contribution in [-0.2, 0) is 0 Å². The predicted molar refractivity (Wildman–Crippen MR) is 179 cm³/mol. The lowest BCUT2D eigenvalue weighted by atomic mass is 10.0. The van der Waals surface area contributed by atoms with Crippen LogP contribution in [0.3, 0.4) is 0 Å². The van der Waals surface area contributed by atoms with Gasteiger partial charge < -0.3 is 13.7 Å². The SMILES string of the molecule is c1ccc(-c2ccc(N(c3cccc4c3oc3ccccc34)c3cccc4c3oc3c5ccccc5ccc43)cc2)cc1. The highest BCUT2D eigenvalue weighted by Crippen LogP contribution is 2.46. The van der Waals surface area contributed by atoms with Gasteiger partial charge in [0.25, 0.3) is 0 Å². The van der Waals surface area contributed by atoms with Gasteiger partial charge in [0.15, 0.2) is 11.2 Å². The summed E-state index contributed by atoms with van der Waals surface area (Å²) in [5, 5.41) is 6.66. The Morgan fingerprint density at radius 3 is 1.72 bits per heavy atom. The van der Waals surface area contributed by atoms with Crippen LogP contribution in [0.5, 0.6) is 0 Å². The van der Waals surface area contributed by atoms with Gasteiger partial charge in [0.2, 0.25) is 0 Å². The smallest absolute Gasteiger partial charge is 0.159 e. The monoisotopic (exact) mass is 551 g/mol. The molecule has 9 rings (SSSR count). The molecule has 9 aromatic rings. The summed E-state index contributed by atoms with van der Waals surface area (Å²) >= 11 is 0. The second kappa shape index (κ2) is 9.37. The highest BCUT2D eigenvalue weighted by atomic mass is 16.3. The lowest BCUT2D eigenvalue weighted by Crippen LogP contribution is -2.10. The Balaban J connectivity index is 1.33. The molecule has 3 nitrogen and oxygen atoms in total. The van der Waals surface area contributed by atoms with Crippen molar-refractivity contribution in [3.63, 3.8) is 0 Å². The van der Waals surface area contributed by atoms with E-state index in [9.17, 15) is 0 Å². The van der Waals surface area contributed by atoms with Crippen molar-refractivity contribution in [3.05, 3.63) is 152 Å². The molecule has 43 heavy (non-hydrogen) atoms. The Morgan fingerprint density at radius 2 is 0.930 bits per heavy atom. The summed E-state index contributed by atoms with van der Waals surface area (Å²) in [4.78, 5) is 2.27. The highest BCUT2D eigenvalue weighted by Gasteiger charge is 2.23. The fraction of sp³-hybridized carbons (Fsp3) is 0. The molecule has 3 heteroatoms. The number of benzene rings is 7. The molecule has 0 unspecified atom stereocenters. The van der Waals surface area contributed by atoms with Gasteiger partial charge in [-0.2, -0.15) is 0 Å². The van der Waals surface area contributed by atoms with E-state index < -0.39 is 0 Å². The summed E-state index contributed by atoms with van der Waals surface area (Å²) in [6.45, 7) is 0. The van der Waals surface area contributed by atoms with E-state index in [1.54, 1.807) is 0 Å². The van der Waals surface area contributed by atoms with E-state index in [0.717, 1.165) is 71.7 Å². The van der Waals surface area contributed by atoms with Crippen molar-refractivity contribution < 1.29 is 8.83 Å². The summed E-state index contributed by atoms with van der Waals surface area (Å²) in [7, 11) is 0. The second-order valence-electron chi connectivity index (χ2n) is 10.9. The van der Waals surface area contributed by atoms with Gasteiger partial charge in [-0.1, -0.05) is 115 Å². The molecule has 2 aromatic heterocycles. The van der Waals surface area contributed by atoms with Crippen LogP contribution in [0.1, 0.15) is 0 Å². The maximum absolute atomic E-state index is 6.81. The Morgan fingerprint density at radius 1 is 0.349 bits per heavy atom. The standard InChI is InChI=1S/C40H25NO2/c1-2-10-26(11-3-1)27-20-23-29(24-21-27)41(35-17-8-15-32-31-14-6-7-19-37(31)42-39(32)35)36-18-9-16-33-34-25-22-28-12-4-5-13-30(28)38(34)43-40(33)36/h1-25H. The number of nitrogens with zero attached hydrogens (tertiary/aromatic N) is 1. The van der Waals surface area contributed by atoms with E-state index in [4.69, 9.17) is 8.83 Å². The number of fused-ring (bicyclic) bond motifs is 8. The van der Waals surface area contributed by atoms with Gasteiger partial charge in [0.05, 0.1) is 11.4 Å². The average molecular weight is 552 g/mol. The zero-order valence-corrected chi connectivity index (χ0v) is 23.2. The van der Waals surface area contributed by atoms with E-state index in [2.05, 4.69) is 138 Å². The number of furan rings is 2. The van der Waals surface area contributed by atoms with Crippen LogP contribution < -0.4 is 4.90 Å². The van der Waals surface area contributed by atoms with Crippen LogP contribution >= 0.6 is 0 Å². The molecule has 0 aliphatic heterocycles.